The highest BCUT2D eigenvalue weighted by Gasteiger charge is 2.20. The number of likely N-dealkylation sites (N-methyl/N-ethyl adjacent to an activating group) is 1. The monoisotopic (exact) mass is 283 g/mol. The van der Waals surface area contributed by atoms with Crippen LogP contribution in [0.4, 0.5) is 4.39 Å². The molecule has 0 aromatic heterocycles. The fraction of sp³-hybridized carbons (Fsp3) is 0.368. The van der Waals surface area contributed by atoms with Gasteiger partial charge in [-0.05, 0) is 55.0 Å². The largest absolute Gasteiger partial charge is 0.313 e. The highest BCUT2D eigenvalue weighted by molar-refractivity contribution is 5.30. The van der Waals surface area contributed by atoms with Gasteiger partial charge < -0.3 is 5.32 Å². The van der Waals surface area contributed by atoms with Gasteiger partial charge in [0.2, 0.25) is 0 Å². The molecule has 0 amide bonds. The molecule has 1 N–H and O–H groups in total. The van der Waals surface area contributed by atoms with Crippen molar-refractivity contribution in [1.82, 2.24) is 5.32 Å². The van der Waals surface area contributed by atoms with Crippen LogP contribution in [0.3, 0.4) is 0 Å². The van der Waals surface area contributed by atoms with Gasteiger partial charge in [-0.3, -0.25) is 0 Å². The summed E-state index contributed by atoms with van der Waals surface area (Å²) in [6, 6.07) is 16.0. The van der Waals surface area contributed by atoms with Crippen LogP contribution in [0.1, 0.15) is 47.9 Å². The third kappa shape index (κ3) is 3.16. The lowest BCUT2D eigenvalue weighted by Gasteiger charge is -2.26. The Kier molecular flexibility index (Phi) is 4.35. The smallest absolute Gasteiger partial charge is 0.126 e. The zero-order valence-corrected chi connectivity index (χ0v) is 12.5. The zero-order chi connectivity index (χ0) is 14.7. The molecule has 0 heterocycles. The first kappa shape index (κ1) is 14.3. The quantitative estimate of drug-likeness (QED) is 0.846. The van der Waals surface area contributed by atoms with Gasteiger partial charge >= 0.3 is 0 Å². The van der Waals surface area contributed by atoms with Crippen LogP contribution in [0.25, 0.3) is 0 Å². The molecule has 2 aromatic carbocycles. The number of halogens is 1. The first-order chi connectivity index (χ1) is 10.3. The molecule has 21 heavy (non-hydrogen) atoms. The molecule has 1 fully saturated rings. The average molecular weight is 283 g/mol. The van der Waals surface area contributed by atoms with Crippen LogP contribution in [-0.4, -0.2) is 7.05 Å². The molecule has 1 atom stereocenters. The summed E-state index contributed by atoms with van der Waals surface area (Å²) in [6.07, 6.45) is 4.68. The predicted molar refractivity (Wildman–Crippen MR) is 84.9 cm³/mol. The molecule has 1 unspecified atom stereocenters. The van der Waals surface area contributed by atoms with Gasteiger partial charge in [-0.2, -0.15) is 0 Å². The van der Waals surface area contributed by atoms with Crippen LogP contribution >= 0.6 is 0 Å². The Balaban J connectivity index is 1.75. The minimum atomic E-state index is -0.121. The van der Waals surface area contributed by atoms with Crippen LogP contribution in [0.15, 0.2) is 48.5 Å². The normalized spacial score (nSPS) is 16.5. The van der Waals surface area contributed by atoms with E-state index < -0.39 is 0 Å². The van der Waals surface area contributed by atoms with Crippen LogP contribution in [0, 0.1) is 5.82 Å². The number of hydrogen-bond donors (Lipinski definition) is 1. The van der Waals surface area contributed by atoms with E-state index in [1.165, 1.54) is 36.5 Å². The number of rotatable bonds is 5. The molecule has 0 radical (unpaired) electrons. The molecule has 3 rings (SSSR count). The van der Waals surface area contributed by atoms with E-state index in [1.54, 1.807) is 6.07 Å². The number of nitrogens with one attached hydrogen (secondary N) is 1. The van der Waals surface area contributed by atoms with E-state index in [0.717, 1.165) is 11.5 Å². The highest BCUT2D eigenvalue weighted by Crippen LogP contribution is 2.36. The lowest BCUT2D eigenvalue weighted by molar-refractivity contribution is 0.419. The van der Waals surface area contributed by atoms with E-state index in [9.17, 15) is 4.39 Å². The van der Waals surface area contributed by atoms with Crippen molar-refractivity contribution in [3.8, 4) is 0 Å². The fourth-order valence-corrected chi connectivity index (χ4v) is 3.01. The summed E-state index contributed by atoms with van der Waals surface area (Å²) in [5.41, 5.74) is 3.44. The van der Waals surface area contributed by atoms with Crippen LogP contribution < -0.4 is 5.32 Å². The van der Waals surface area contributed by atoms with E-state index in [4.69, 9.17) is 0 Å². The molecule has 1 aliphatic carbocycles. The number of hydrogen-bond acceptors (Lipinski definition) is 1. The summed E-state index contributed by atoms with van der Waals surface area (Å²) in [7, 11) is 1.94. The van der Waals surface area contributed by atoms with Crippen molar-refractivity contribution in [2.24, 2.45) is 0 Å². The van der Waals surface area contributed by atoms with Gasteiger partial charge in [0, 0.05) is 6.04 Å². The molecule has 1 saturated carbocycles. The minimum Gasteiger partial charge on any atom is -0.313 e. The van der Waals surface area contributed by atoms with Crippen LogP contribution in [0.2, 0.25) is 0 Å². The maximum Gasteiger partial charge on any atom is 0.126 e. The molecule has 2 aromatic rings. The Morgan fingerprint density at radius 1 is 1.10 bits per heavy atom. The van der Waals surface area contributed by atoms with Crippen LogP contribution in [-0.2, 0) is 6.42 Å². The summed E-state index contributed by atoms with van der Waals surface area (Å²) in [6.45, 7) is 0. The second-order valence-corrected chi connectivity index (χ2v) is 5.93. The topological polar surface area (TPSA) is 12.0 Å². The summed E-state index contributed by atoms with van der Waals surface area (Å²) >= 11 is 0. The van der Waals surface area contributed by atoms with Gasteiger partial charge in [0.1, 0.15) is 5.82 Å². The second-order valence-electron chi connectivity index (χ2n) is 5.93. The molecular formula is C19H22FN. The Hall–Kier alpha value is -1.67. The molecule has 0 bridgehead atoms. The molecule has 110 valence electrons. The van der Waals surface area contributed by atoms with Crippen molar-refractivity contribution >= 4 is 0 Å². The Morgan fingerprint density at radius 3 is 2.38 bits per heavy atom. The maximum absolute atomic E-state index is 13.8. The van der Waals surface area contributed by atoms with Gasteiger partial charge in [0.15, 0.2) is 0 Å². The summed E-state index contributed by atoms with van der Waals surface area (Å²) in [5, 5.41) is 3.30. The van der Waals surface area contributed by atoms with E-state index in [2.05, 4.69) is 29.6 Å². The molecule has 1 nitrogen and oxygen atoms in total. The molecular weight excluding hydrogens is 261 g/mol. The van der Waals surface area contributed by atoms with Crippen molar-refractivity contribution in [2.75, 3.05) is 7.05 Å². The first-order valence-electron chi connectivity index (χ1n) is 7.78. The third-order valence-electron chi connectivity index (χ3n) is 4.65. The summed E-state index contributed by atoms with van der Waals surface area (Å²) in [4.78, 5) is 0. The van der Waals surface area contributed by atoms with Crippen molar-refractivity contribution < 1.29 is 4.39 Å². The molecule has 0 aliphatic heterocycles. The molecule has 0 spiro atoms. The van der Waals surface area contributed by atoms with Crippen molar-refractivity contribution in [2.45, 2.75) is 37.6 Å². The summed E-state index contributed by atoms with van der Waals surface area (Å²) < 4.78 is 13.8. The second kappa shape index (κ2) is 6.40. The van der Waals surface area contributed by atoms with Gasteiger partial charge in [-0.25, -0.2) is 4.39 Å². The van der Waals surface area contributed by atoms with Gasteiger partial charge in [0.05, 0.1) is 0 Å². The third-order valence-corrected chi connectivity index (χ3v) is 4.65. The SMILES string of the molecule is CNC(Cc1ccccc1F)c1ccc(C2CCC2)cc1. The molecule has 2 heteroatoms. The van der Waals surface area contributed by atoms with Crippen LogP contribution in [0.5, 0.6) is 0 Å². The average Bonchev–Trinajstić information content (AvgIpc) is 2.46. The van der Waals surface area contributed by atoms with Crippen molar-refractivity contribution in [3.05, 3.63) is 71.0 Å². The Labute approximate surface area is 126 Å². The molecule has 1 aliphatic rings. The minimum absolute atomic E-state index is 0.121. The number of benzene rings is 2. The Morgan fingerprint density at radius 2 is 1.81 bits per heavy atom. The van der Waals surface area contributed by atoms with Gasteiger partial charge in [0.25, 0.3) is 0 Å². The first-order valence-corrected chi connectivity index (χ1v) is 7.78. The highest BCUT2D eigenvalue weighted by atomic mass is 19.1. The fourth-order valence-electron chi connectivity index (χ4n) is 3.01. The Bertz CT molecular complexity index is 587. The maximum atomic E-state index is 13.8. The van der Waals surface area contributed by atoms with E-state index in [1.807, 2.05) is 19.2 Å². The predicted octanol–water partition coefficient (Wildman–Crippen LogP) is 4.60. The van der Waals surface area contributed by atoms with E-state index >= 15 is 0 Å². The van der Waals surface area contributed by atoms with Crippen molar-refractivity contribution in [3.63, 3.8) is 0 Å². The van der Waals surface area contributed by atoms with E-state index in [-0.39, 0.29) is 11.9 Å². The van der Waals surface area contributed by atoms with Gasteiger partial charge in [-0.1, -0.05) is 48.9 Å². The zero-order valence-electron chi connectivity index (χ0n) is 12.5. The lowest BCUT2D eigenvalue weighted by Crippen LogP contribution is -2.19. The van der Waals surface area contributed by atoms with Crippen molar-refractivity contribution in [1.29, 1.82) is 0 Å². The summed E-state index contributed by atoms with van der Waals surface area (Å²) in [5.74, 6) is 0.641. The van der Waals surface area contributed by atoms with E-state index in [0.29, 0.717) is 6.42 Å². The van der Waals surface area contributed by atoms with Gasteiger partial charge in [-0.15, -0.1) is 0 Å². The lowest BCUT2D eigenvalue weighted by atomic mass is 9.79. The standard InChI is InChI=1S/C19H22FN/c1-21-19(13-17-5-2-3-8-18(17)20)16-11-9-15(10-12-16)14-6-4-7-14/h2-3,5,8-12,14,19,21H,4,6-7,13H2,1H3. The molecule has 0 saturated heterocycles.